The molecule has 0 N–H and O–H groups in total. The maximum absolute atomic E-state index is 6.02. The number of hydrogen-bond acceptors (Lipinski definition) is 0. The number of hydrogen-bond donors (Lipinski definition) is 0. The zero-order chi connectivity index (χ0) is 10.3. The molecule has 1 atom stereocenters. The summed E-state index contributed by atoms with van der Waals surface area (Å²) >= 11 is 12.0. The Morgan fingerprint density at radius 2 is 1.69 bits per heavy atom. The summed E-state index contributed by atoms with van der Waals surface area (Å²) in [5.41, 5.74) is 0.188. The molecule has 1 unspecified atom stereocenters. The van der Waals surface area contributed by atoms with Gasteiger partial charge < -0.3 is 0 Å². The van der Waals surface area contributed by atoms with Crippen LogP contribution >= 0.6 is 23.2 Å². The average Bonchev–Trinajstić information content (AvgIpc) is 2.17. The first-order valence-electron chi connectivity index (χ1n) is 5.26. The minimum Gasteiger partial charge on any atom is -0.126 e. The van der Waals surface area contributed by atoms with Crippen LogP contribution in [0.1, 0.15) is 46.5 Å². The van der Waals surface area contributed by atoms with Crippen LogP contribution in [-0.4, -0.2) is 11.8 Å². The molecule has 0 aliphatic carbocycles. The van der Waals surface area contributed by atoms with Crippen molar-refractivity contribution in [2.45, 2.75) is 46.5 Å². The van der Waals surface area contributed by atoms with Gasteiger partial charge in [0.25, 0.3) is 0 Å². The van der Waals surface area contributed by atoms with Crippen LogP contribution in [-0.2, 0) is 0 Å². The summed E-state index contributed by atoms with van der Waals surface area (Å²) in [5.74, 6) is 2.15. The molecule has 0 aromatic heterocycles. The average molecular weight is 225 g/mol. The van der Waals surface area contributed by atoms with Gasteiger partial charge >= 0.3 is 0 Å². The van der Waals surface area contributed by atoms with E-state index in [1.54, 1.807) is 0 Å². The van der Waals surface area contributed by atoms with Gasteiger partial charge in [0.1, 0.15) is 0 Å². The van der Waals surface area contributed by atoms with Crippen LogP contribution < -0.4 is 0 Å². The smallest absolute Gasteiger partial charge is 0.0291 e. The Morgan fingerprint density at radius 3 is 2.00 bits per heavy atom. The number of halogens is 2. The second-order valence-corrected chi connectivity index (χ2v) is 4.77. The summed E-state index contributed by atoms with van der Waals surface area (Å²) in [5, 5.41) is 0. The Bertz CT molecular complexity index is 119. The van der Waals surface area contributed by atoms with Crippen molar-refractivity contribution in [3.63, 3.8) is 0 Å². The molecule has 0 aromatic rings. The largest absolute Gasteiger partial charge is 0.126 e. The first-order chi connectivity index (χ1) is 6.14. The molecule has 0 fully saturated rings. The fourth-order valence-corrected chi connectivity index (χ4v) is 2.57. The summed E-state index contributed by atoms with van der Waals surface area (Å²) in [6, 6.07) is 0. The summed E-state index contributed by atoms with van der Waals surface area (Å²) in [4.78, 5) is 0. The van der Waals surface area contributed by atoms with Crippen molar-refractivity contribution in [1.29, 1.82) is 0 Å². The fraction of sp³-hybridized carbons (Fsp3) is 1.00. The second-order valence-electron chi connectivity index (χ2n) is 4.23. The topological polar surface area (TPSA) is 0 Å². The maximum Gasteiger partial charge on any atom is 0.0291 e. The zero-order valence-electron chi connectivity index (χ0n) is 9.08. The van der Waals surface area contributed by atoms with Gasteiger partial charge in [-0.1, -0.05) is 33.6 Å². The first-order valence-corrected chi connectivity index (χ1v) is 6.33. The molecule has 0 aliphatic heterocycles. The van der Waals surface area contributed by atoms with Crippen LogP contribution in [0.5, 0.6) is 0 Å². The van der Waals surface area contributed by atoms with Gasteiger partial charge in [-0.15, -0.1) is 23.2 Å². The Labute approximate surface area is 93.0 Å². The molecule has 80 valence electrons. The van der Waals surface area contributed by atoms with E-state index in [0.717, 1.165) is 12.3 Å². The third kappa shape index (κ3) is 4.56. The molecule has 0 rings (SSSR count). The third-order valence-corrected chi connectivity index (χ3v) is 3.96. The lowest BCUT2D eigenvalue weighted by Crippen LogP contribution is -2.27. The van der Waals surface area contributed by atoms with Gasteiger partial charge in [0.05, 0.1) is 0 Å². The standard InChI is InChI=1S/C11H22Cl2/c1-4-6-11(8-12,9-13)7-10(3)5-2/h10H,4-9H2,1-3H3. The summed E-state index contributed by atoms with van der Waals surface area (Å²) < 4.78 is 0. The van der Waals surface area contributed by atoms with E-state index in [1.165, 1.54) is 19.3 Å². The molecule has 0 saturated heterocycles. The number of alkyl halides is 2. The van der Waals surface area contributed by atoms with Gasteiger partial charge in [-0.2, -0.15) is 0 Å². The zero-order valence-corrected chi connectivity index (χ0v) is 10.6. The van der Waals surface area contributed by atoms with Gasteiger partial charge in [-0.05, 0) is 24.2 Å². The summed E-state index contributed by atoms with van der Waals surface area (Å²) in [6.07, 6.45) is 4.73. The molecule has 0 saturated carbocycles. The lowest BCUT2D eigenvalue weighted by molar-refractivity contribution is 0.260. The molecule has 0 aromatic carbocycles. The first kappa shape index (κ1) is 13.6. The predicted molar refractivity (Wildman–Crippen MR) is 62.9 cm³/mol. The monoisotopic (exact) mass is 224 g/mol. The third-order valence-electron chi connectivity index (χ3n) is 2.83. The van der Waals surface area contributed by atoms with Crippen molar-refractivity contribution in [1.82, 2.24) is 0 Å². The van der Waals surface area contributed by atoms with Crippen molar-refractivity contribution in [2.75, 3.05) is 11.8 Å². The molecule has 0 aliphatic rings. The Hall–Kier alpha value is 0.580. The van der Waals surface area contributed by atoms with E-state index < -0.39 is 0 Å². The summed E-state index contributed by atoms with van der Waals surface area (Å²) in [7, 11) is 0. The summed E-state index contributed by atoms with van der Waals surface area (Å²) in [6.45, 7) is 6.71. The van der Waals surface area contributed by atoms with Crippen LogP contribution in [0.15, 0.2) is 0 Å². The normalized spacial score (nSPS) is 14.5. The SMILES string of the molecule is CCCC(CCl)(CCl)CC(C)CC. The lowest BCUT2D eigenvalue weighted by Gasteiger charge is -2.31. The molecule has 0 amide bonds. The van der Waals surface area contributed by atoms with Crippen molar-refractivity contribution < 1.29 is 0 Å². The highest BCUT2D eigenvalue weighted by molar-refractivity contribution is 6.21. The van der Waals surface area contributed by atoms with E-state index in [9.17, 15) is 0 Å². The molecule has 13 heavy (non-hydrogen) atoms. The van der Waals surface area contributed by atoms with Gasteiger partial charge in [-0.25, -0.2) is 0 Å². The van der Waals surface area contributed by atoms with Gasteiger partial charge in [-0.3, -0.25) is 0 Å². The van der Waals surface area contributed by atoms with Crippen LogP contribution in [0.25, 0.3) is 0 Å². The molecule has 0 spiro atoms. The van der Waals surface area contributed by atoms with E-state index in [4.69, 9.17) is 23.2 Å². The Morgan fingerprint density at radius 1 is 1.15 bits per heavy atom. The Balaban J connectivity index is 4.19. The van der Waals surface area contributed by atoms with E-state index >= 15 is 0 Å². The van der Waals surface area contributed by atoms with Gasteiger partial charge in [0.2, 0.25) is 0 Å². The highest BCUT2D eigenvalue weighted by atomic mass is 35.5. The minimum atomic E-state index is 0.188. The van der Waals surface area contributed by atoms with Crippen molar-refractivity contribution in [3.05, 3.63) is 0 Å². The van der Waals surface area contributed by atoms with Crippen LogP contribution in [0.2, 0.25) is 0 Å². The second kappa shape index (κ2) is 6.95. The molecular weight excluding hydrogens is 203 g/mol. The maximum atomic E-state index is 6.02. The fourth-order valence-electron chi connectivity index (χ4n) is 1.79. The predicted octanol–water partition coefficient (Wildman–Crippen LogP) is 4.69. The van der Waals surface area contributed by atoms with Crippen molar-refractivity contribution >= 4 is 23.2 Å². The lowest BCUT2D eigenvalue weighted by atomic mass is 9.79. The van der Waals surface area contributed by atoms with Gasteiger partial charge in [0.15, 0.2) is 0 Å². The molecule has 0 nitrogen and oxygen atoms in total. The minimum absolute atomic E-state index is 0.188. The van der Waals surface area contributed by atoms with E-state index in [1.807, 2.05) is 0 Å². The van der Waals surface area contributed by atoms with Crippen LogP contribution in [0, 0.1) is 11.3 Å². The van der Waals surface area contributed by atoms with Crippen LogP contribution in [0.3, 0.4) is 0 Å². The molecule has 2 heteroatoms. The highest BCUT2D eigenvalue weighted by Gasteiger charge is 2.28. The van der Waals surface area contributed by atoms with Crippen molar-refractivity contribution in [3.8, 4) is 0 Å². The Kier molecular flexibility index (Phi) is 7.26. The molecule has 0 bridgehead atoms. The molecular formula is C11H22Cl2. The van der Waals surface area contributed by atoms with E-state index in [-0.39, 0.29) is 5.41 Å². The number of rotatable bonds is 7. The molecule has 0 radical (unpaired) electrons. The quantitative estimate of drug-likeness (QED) is 0.551. The molecule has 0 heterocycles. The van der Waals surface area contributed by atoms with E-state index in [0.29, 0.717) is 11.8 Å². The van der Waals surface area contributed by atoms with Crippen molar-refractivity contribution in [2.24, 2.45) is 11.3 Å². The highest BCUT2D eigenvalue weighted by Crippen LogP contribution is 2.35. The van der Waals surface area contributed by atoms with E-state index in [2.05, 4.69) is 20.8 Å². The van der Waals surface area contributed by atoms with Gasteiger partial charge in [0, 0.05) is 11.8 Å². The van der Waals surface area contributed by atoms with Crippen LogP contribution in [0.4, 0.5) is 0 Å².